The lowest BCUT2D eigenvalue weighted by Gasteiger charge is -2.31. The number of carbonyl (C=O) groups excluding carboxylic acids is 1. The molecule has 0 unspecified atom stereocenters. The Morgan fingerprint density at radius 1 is 0.938 bits per heavy atom. The van der Waals surface area contributed by atoms with Gasteiger partial charge in [0.15, 0.2) is 5.40 Å². The molecule has 0 spiro atoms. The molecule has 1 heterocycles. The minimum absolute atomic E-state index is 0.126. The summed E-state index contributed by atoms with van der Waals surface area (Å²) in [4.78, 5) is 14.5. The maximum Gasteiger partial charge on any atom is 0.345 e. The van der Waals surface area contributed by atoms with E-state index in [2.05, 4.69) is 0 Å². The van der Waals surface area contributed by atoms with E-state index in [0.29, 0.717) is 25.1 Å². The molecule has 0 N–H and O–H groups in total. The number of hydrogen-bond donors (Lipinski definition) is 0. The first kappa shape index (κ1) is 27.2. The van der Waals surface area contributed by atoms with Crippen molar-refractivity contribution in [3.05, 3.63) is 35.4 Å². The molecule has 11 heteroatoms. The highest BCUT2D eigenvalue weighted by atomic mass is 31.2. The van der Waals surface area contributed by atoms with Crippen LogP contribution in [0, 0.1) is 0 Å². The normalized spacial score (nSPS) is 15.2. The standard InChI is InChI=1S/C21H35NO8P2/c1-5-27-31(24,28-6-2)20(32(25,29-7-3)30-8-4)14-11-15-22-17-26-16-18-12-9-10-13-19(18)21(22)23/h9-10,12-13,20H,5-8,11,14-17H2,1-4H3. The Hall–Kier alpha value is -1.05. The van der Waals surface area contributed by atoms with Crippen LogP contribution in [-0.2, 0) is 38.6 Å². The van der Waals surface area contributed by atoms with Crippen LogP contribution in [0.3, 0.4) is 0 Å². The number of rotatable bonds is 14. The van der Waals surface area contributed by atoms with E-state index in [1.165, 1.54) is 0 Å². The van der Waals surface area contributed by atoms with Crippen LogP contribution in [-0.4, -0.2) is 55.9 Å². The van der Waals surface area contributed by atoms with Crippen LogP contribution in [0.2, 0.25) is 0 Å². The molecule has 1 aromatic rings. The minimum Gasteiger partial charge on any atom is -0.356 e. The molecule has 1 aliphatic heterocycles. The van der Waals surface area contributed by atoms with Crippen molar-refractivity contribution in [2.45, 2.75) is 52.5 Å². The first-order valence-corrected chi connectivity index (χ1v) is 14.3. The van der Waals surface area contributed by atoms with Gasteiger partial charge in [-0.2, -0.15) is 0 Å². The molecule has 32 heavy (non-hydrogen) atoms. The Morgan fingerprint density at radius 3 is 2.00 bits per heavy atom. The molecule has 0 fully saturated rings. The maximum atomic E-state index is 13.6. The van der Waals surface area contributed by atoms with Crippen molar-refractivity contribution in [2.24, 2.45) is 0 Å². The van der Waals surface area contributed by atoms with E-state index in [4.69, 9.17) is 22.8 Å². The van der Waals surface area contributed by atoms with Crippen LogP contribution in [0.1, 0.15) is 56.5 Å². The fourth-order valence-corrected chi connectivity index (χ4v) is 9.07. The van der Waals surface area contributed by atoms with Gasteiger partial charge in [0.1, 0.15) is 6.73 Å². The van der Waals surface area contributed by atoms with Gasteiger partial charge in [0.25, 0.3) is 5.91 Å². The number of hydrogen-bond acceptors (Lipinski definition) is 8. The van der Waals surface area contributed by atoms with Crippen molar-refractivity contribution in [2.75, 3.05) is 39.7 Å². The highest BCUT2D eigenvalue weighted by Gasteiger charge is 2.50. The Balaban J connectivity index is 2.21. The van der Waals surface area contributed by atoms with Crippen molar-refractivity contribution in [3.63, 3.8) is 0 Å². The van der Waals surface area contributed by atoms with Crippen LogP contribution in [0.4, 0.5) is 0 Å². The number of carbonyl (C=O) groups is 1. The zero-order valence-corrected chi connectivity index (χ0v) is 21.1. The predicted molar refractivity (Wildman–Crippen MR) is 122 cm³/mol. The topological polar surface area (TPSA) is 101 Å². The molecule has 1 amide bonds. The number of fused-ring (bicyclic) bond motifs is 1. The number of benzene rings is 1. The second-order valence-electron chi connectivity index (χ2n) is 7.08. The molecule has 0 radical (unpaired) electrons. The first-order chi connectivity index (χ1) is 15.3. The Kier molecular flexibility index (Phi) is 11.0. The van der Waals surface area contributed by atoms with Crippen molar-refractivity contribution in [1.29, 1.82) is 0 Å². The summed E-state index contributed by atoms with van der Waals surface area (Å²) in [7, 11) is -7.61. The molecule has 0 bridgehead atoms. The van der Waals surface area contributed by atoms with Crippen molar-refractivity contribution in [1.82, 2.24) is 4.90 Å². The van der Waals surface area contributed by atoms with Crippen LogP contribution in [0.5, 0.6) is 0 Å². The van der Waals surface area contributed by atoms with Crippen LogP contribution in [0.25, 0.3) is 0 Å². The van der Waals surface area contributed by atoms with Crippen LogP contribution < -0.4 is 0 Å². The molecule has 0 atom stereocenters. The molecule has 0 saturated heterocycles. The van der Waals surface area contributed by atoms with Crippen molar-refractivity contribution in [3.8, 4) is 0 Å². The van der Waals surface area contributed by atoms with E-state index in [0.717, 1.165) is 5.56 Å². The predicted octanol–water partition coefficient (Wildman–Crippen LogP) is 5.26. The van der Waals surface area contributed by atoms with E-state index in [9.17, 15) is 13.9 Å². The summed E-state index contributed by atoms with van der Waals surface area (Å²) in [6, 6.07) is 7.33. The number of ether oxygens (including phenoxy) is 1. The van der Waals surface area contributed by atoms with Gasteiger partial charge >= 0.3 is 15.2 Å². The molecule has 1 aromatic carbocycles. The summed E-state index contributed by atoms with van der Waals surface area (Å²) < 4.78 is 54.8. The Morgan fingerprint density at radius 2 is 1.47 bits per heavy atom. The van der Waals surface area contributed by atoms with Gasteiger partial charge in [-0.05, 0) is 52.2 Å². The molecule has 1 aliphatic rings. The van der Waals surface area contributed by atoms with Gasteiger partial charge in [-0.15, -0.1) is 0 Å². The third-order valence-electron chi connectivity index (χ3n) is 4.90. The molecule has 0 aromatic heterocycles. The van der Waals surface area contributed by atoms with Gasteiger partial charge in [0.05, 0.1) is 33.0 Å². The van der Waals surface area contributed by atoms with E-state index in [1.807, 2.05) is 18.2 Å². The molecule has 9 nitrogen and oxygen atoms in total. The van der Waals surface area contributed by atoms with E-state index in [1.54, 1.807) is 38.7 Å². The van der Waals surface area contributed by atoms with Gasteiger partial charge in [0.2, 0.25) is 0 Å². The third-order valence-corrected chi connectivity index (χ3v) is 11.0. The van der Waals surface area contributed by atoms with E-state index in [-0.39, 0.29) is 45.5 Å². The van der Waals surface area contributed by atoms with Gasteiger partial charge in [0, 0.05) is 12.1 Å². The lowest BCUT2D eigenvalue weighted by atomic mass is 10.1. The number of nitrogens with zero attached hydrogens (tertiary/aromatic N) is 1. The molecule has 0 saturated carbocycles. The van der Waals surface area contributed by atoms with Crippen LogP contribution in [0.15, 0.2) is 24.3 Å². The second-order valence-corrected chi connectivity index (χ2v) is 11.9. The highest BCUT2D eigenvalue weighted by molar-refractivity contribution is 7.72. The Labute approximate surface area is 190 Å². The summed E-state index contributed by atoms with van der Waals surface area (Å²) in [5.74, 6) is -0.134. The number of amides is 1. The minimum atomic E-state index is -3.81. The van der Waals surface area contributed by atoms with Crippen molar-refractivity contribution < 1.29 is 36.8 Å². The molecule has 2 rings (SSSR count). The summed E-state index contributed by atoms with van der Waals surface area (Å²) in [6.07, 6.45) is 0.552. The summed E-state index contributed by atoms with van der Waals surface area (Å²) in [5, 5.41) is -1.09. The molecule has 0 aliphatic carbocycles. The average molecular weight is 491 g/mol. The average Bonchev–Trinajstić information content (AvgIpc) is 2.91. The zero-order valence-electron chi connectivity index (χ0n) is 19.4. The van der Waals surface area contributed by atoms with E-state index >= 15 is 0 Å². The summed E-state index contributed by atoms with van der Waals surface area (Å²) in [6.45, 7) is 8.10. The SMILES string of the molecule is CCOP(=O)(OCC)C(CCCN1COCc2ccccc2C1=O)P(=O)(OCC)OCC. The van der Waals surface area contributed by atoms with Gasteiger partial charge in [-0.25, -0.2) is 0 Å². The zero-order chi connectivity index (χ0) is 23.6. The molecular weight excluding hydrogens is 456 g/mol. The third kappa shape index (κ3) is 6.73. The highest BCUT2D eigenvalue weighted by Crippen LogP contribution is 2.71. The summed E-state index contributed by atoms with van der Waals surface area (Å²) >= 11 is 0. The van der Waals surface area contributed by atoms with Crippen molar-refractivity contribution >= 4 is 21.1 Å². The first-order valence-electron chi connectivity index (χ1n) is 11.1. The smallest absolute Gasteiger partial charge is 0.345 e. The van der Waals surface area contributed by atoms with Gasteiger partial charge in [-0.1, -0.05) is 18.2 Å². The Bertz CT molecular complexity index is 784. The quantitative estimate of drug-likeness (QED) is 0.325. The fourth-order valence-electron chi connectivity index (χ4n) is 3.61. The van der Waals surface area contributed by atoms with Gasteiger partial charge < -0.3 is 27.7 Å². The largest absolute Gasteiger partial charge is 0.356 e. The fraction of sp³-hybridized carbons (Fsp3) is 0.667. The monoisotopic (exact) mass is 491 g/mol. The maximum absolute atomic E-state index is 13.6. The lowest BCUT2D eigenvalue weighted by Crippen LogP contribution is -2.33. The van der Waals surface area contributed by atoms with Crippen LogP contribution >= 0.6 is 15.2 Å². The van der Waals surface area contributed by atoms with E-state index < -0.39 is 20.6 Å². The second kappa shape index (κ2) is 13.0. The van der Waals surface area contributed by atoms with Gasteiger partial charge in [-0.3, -0.25) is 13.9 Å². The molecule has 182 valence electrons. The summed E-state index contributed by atoms with van der Waals surface area (Å²) in [5.41, 5.74) is 1.44. The molecular formula is C21H35NO8P2. The lowest BCUT2D eigenvalue weighted by molar-refractivity contribution is 0.0237.